The van der Waals surface area contributed by atoms with Crippen LogP contribution in [0, 0.1) is 13.8 Å². The van der Waals surface area contributed by atoms with Gasteiger partial charge in [0, 0.05) is 25.1 Å². The molecule has 0 saturated carbocycles. The summed E-state index contributed by atoms with van der Waals surface area (Å²) in [6.45, 7) is 5.70. The smallest absolute Gasteiger partial charge is 0.291 e. The molecule has 0 unspecified atom stereocenters. The average molecular weight is 421 g/mol. The van der Waals surface area contributed by atoms with Crippen LogP contribution in [-0.4, -0.2) is 34.5 Å². The van der Waals surface area contributed by atoms with Gasteiger partial charge >= 0.3 is 0 Å². The summed E-state index contributed by atoms with van der Waals surface area (Å²) in [5.41, 5.74) is 4.47. The third-order valence-corrected chi connectivity index (χ3v) is 5.76. The zero-order valence-electron chi connectivity index (χ0n) is 17.5. The Balaban J connectivity index is 1.35. The Morgan fingerprint density at radius 2 is 1.84 bits per heavy atom. The van der Waals surface area contributed by atoms with Crippen molar-refractivity contribution in [2.45, 2.75) is 39.5 Å². The van der Waals surface area contributed by atoms with E-state index < -0.39 is 0 Å². The van der Waals surface area contributed by atoms with Gasteiger partial charge in [0.1, 0.15) is 11.5 Å². The number of piperidine rings is 1. The molecule has 1 amide bonds. The first kappa shape index (κ1) is 19.3. The van der Waals surface area contributed by atoms with Gasteiger partial charge < -0.3 is 19.2 Å². The van der Waals surface area contributed by atoms with Gasteiger partial charge in [-0.3, -0.25) is 4.79 Å². The van der Waals surface area contributed by atoms with Crippen molar-refractivity contribution < 1.29 is 18.4 Å². The summed E-state index contributed by atoms with van der Waals surface area (Å²) >= 11 is 0. The average Bonchev–Trinajstić information content (AvgIpc) is 3.52. The van der Waals surface area contributed by atoms with Gasteiger partial charge in [0.2, 0.25) is 0 Å². The monoisotopic (exact) mass is 421 g/mol. The number of fused-ring (bicyclic) bond motifs is 1. The molecule has 0 radical (unpaired) electrons. The fraction of sp³-hybridized carbons (Fsp3) is 0.364. The predicted molar refractivity (Wildman–Crippen MR) is 113 cm³/mol. The molecular weight excluding hydrogens is 398 g/mol. The Morgan fingerprint density at radius 1 is 1.03 bits per heavy atom. The lowest BCUT2D eigenvalue weighted by molar-refractivity contribution is 0.0995. The molecule has 0 spiro atoms. The molecular formula is C22H23N5O4. The molecule has 0 aliphatic carbocycles. The second kappa shape index (κ2) is 7.90. The van der Waals surface area contributed by atoms with Crippen molar-refractivity contribution in [2.75, 3.05) is 23.3 Å². The summed E-state index contributed by atoms with van der Waals surface area (Å²) in [5, 5.41) is 14.9. The molecule has 4 aromatic rings. The van der Waals surface area contributed by atoms with Crippen LogP contribution in [0.5, 0.6) is 0 Å². The molecule has 1 aromatic carbocycles. The number of rotatable bonds is 5. The number of anilines is 2. The Bertz CT molecular complexity index is 1210. The van der Waals surface area contributed by atoms with Crippen molar-refractivity contribution in [3.63, 3.8) is 0 Å². The maximum Gasteiger partial charge on any atom is 0.291 e. The molecule has 0 atom stereocenters. The molecule has 1 aliphatic rings. The van der Waals surface area contributed by atoms with Crippen molar-refractivity contribution >= 4 is 28.3 Å². The number of hydrogen-bond donors (Lipinski definition) is 1. The normalized spacial score (nSPS) is 14.3. The lowest BCUT2D eigenvalue weighted by atomic mass is 10.1. The van der Waals surface area contributed by atoms with Crippen LogP contribution >= 0.6 is 0 Å². The summed E-state index contributed by atoms with van der Waals surface area (Å²) in [6, 6.07) is 7.23. The Kier molecular flexibility index (Phi) is 4.93. The molecule has 3 aromatic heterocycles. The van der Waals surface area contributed by atoms with Crippen molar-refractivity contribution in [3.05, 3.63) is 52.8 Å². The number of benzene rings is 1. The van der Waals surface area contributed by atoms with E-state index in [0.717, 1.165) is 48.6 Å². The van der Waals surface area contributed by atoms with E-state index >= 15 is 0 Å². The molecule has 1 fully saturated rings. The van der Waals surface area contributed by atoms with Crippen molar-refractivity contribution in [1.82, 2.24) is 15.5 Å². The second-order valence-corrected chi connectivity index (χ2v) is 7.84. The molecule has 5 rings (SSSR count). The van der Waals surface area contributed by atoms with Crippen molar-refractivity contribution in [3.8, 4) is 0 Å². The summed E-state index contributed by atoms with van der Waals surface area (Å²) in [7, 11) is 0. The van der Waals surface area contributed by atoms with Crippen LogP contribution in [0.2, 0.25) is 0 Å². The van der Waals surface area contributed by atoms with Gasteiger partial charge in [-0.15, -0.1) is 0 Å². The summed E-state index contributed by atoms with van der Waals surface area (Å²) in [5.74, 6) is 1.26. The number of hydrogen-bond acceptors (Lipinski definition) is 8. The molecule has 9 nitrogen and oxygen atoms in total. The van der Waals surface area contributed by atoms with E-state index in [0.29, 0.717) is 28.9 Å². The SMILES string of the molecule is Cc1noc(C)c1Cc1ccc(C(=O)Nc2ccc(N3CCCCC3)c3nonc23)o1. The lowest BCUT2D eigenvalue weighted by Crippen LogP contribution is -2.29. The molecule has 1 aliphatic heterocycles. The minimum Gasteiger partial charge on any atom is -0.456 e. The maximum atomic E-state index is 12.8. The first-order chi connectivity index (χ1) is 15.1. The van der Waals surface area contributed by atoms with Crippen LogP contribution in [0.25, 0.3) is 11.0 Å². The summed E-state index contributed by atoms with van der Waals surface area (Å²) < 4.78 is 15.9. The summed E-state index contributed by atoms with van der Waals surface area (Å²) in [6.07, 6.45) is 4.06. The predicted octanol–water partition coefficient (Wildman–Crippen LogP) is 4.25. The van der Waals surface area contributed by atoms with Crippen LogP contribution in [-0.2, 0) is 6.42 Å². The highest BCUT2D eigenvalue weighted by molar-refractivity contribution is 6.08. The fourth-order valence-corrected chi connectivity index (χ4v) is 4.05. The number of carbonyl (C=O) groups excluding carboxylic acids is 1. The highest BCUT2D eigenvalue weighted by Gasteiger charge is 2.21. The first-order valence-electron chi connectivity index (χ1n) is 10.4. The van der Waals surface area contributed by atoms with Gasteiger partial charge in [-0.05, 0) is 67.7 Å². The van der Waals surface area contributed by atoms with Crippen molar-refractivity contribution in [2.24, 2.45) is 0 Å². The minimum atomic E-state index is -0.361. The number of aryl methyl sites for hydroxylation is 2. The van der Waals surface area contributed by atoms with Crippen LogP contribution in [0.3, 0.4) is 0 Å². The van der Waals surface area contributed by atoms with E-state index in [1.165, 1.54) is 6.42 Å². The molecule has 160 valence electrons. The largest absolute Gasteiger partial charge is 0.456 e. The van der Waals surface area contributed by atoms with E-state index in [-0.39, 0.29) is 11.7 Å². The molecule has 1 N–H and O–H groups in total. The van der Waals surface area contributed by atoms with E-state index in [2.05, 4.69) is 25.7 Å². The van der Waals surface area contributed by atoms with Gasteiger partial charge in [0.05, 0.1) is 17.1 Å². The minimum absolute atomic E-state index is 0.214. The summed E-state index contributed by atoms with van der Waals surface area (Å²) in [4.78, 5) is 15.1. The third-order valence-electron chi connectivity index (χ3n) is 5.76. The first-order valence-corrected chi connectivity index (χ1v) is 10.4. The van der Waals surface area contributed by atoms with Crippen LogP contribution in [0.15, 0.2) is 37.8 Å². The van der Waals surface area contributed by atoms with Gasteiger partial charge in [0.15, 0.2) is 16.8 Å². The Labute approximate surface area is 178 Å². The molecule has 9 heteroatoms. The van der Waals surface area contributed by atoms with E-state index in [4.69, 9.17) is 13.6 Å². The van der Waals surface area contributed by atoms with Crippen molar-refractivity contribution in [1.29, 1.82) is 0 Å². The van der Waals surface area contributed by atoms with Crippen LogP contribution < -0.4 is 10.2 Å². The van der Waals surface area contributed by atoms with Crippen LogP contribution in [0.4, 0.5) is 11.4 Å². The van der Waals surface area contributed by atoms with Gasteiger partial charge in [-0.2, -0.15) is 0 Å². The highest BCUT2D eigenvalue weighted by Crippen LogP contribution is 2.32. The molecule has 4 heterocycles. The zero-order valence-corrected chi connectivity index (χ0v) is 17.5. The highest BCUT2D eigenvalue weighted by atomic mass is 16.6. The molecule has 31 heavy (non-hydrogen) atoms. The second-order valence-electron chi connectivity index (χ2n) is 7.84. The third kappa shape index (κ3) is 3.67. The van der Waals surface area contributed by atoms with Gasteiger partial charge in [-0.25, -0.2) is 4.63 Å². The number of nitrogens with one attached hydrogen (secondary N) is 1. The van der Waals surface area contributed by atoms with E-state index in [1.807, 2.05) is 26.0 Å². The van der Waals surface area contributed by atoms with Gasteiger partial charge in [0.25, 0.3) is 5.91 Å². The Hall–Kier alpha value is -3.62. The zero-order chi connectivity index (χ0) is 21.4. The van der Waals surface area contributed by atoms with E-state index in [1.54, 1.807) is 12.1 Å². The number of aromatic nitrogens is 3. The lowest BCUT2D eigenvalue weighted by Gasteiger charge is -2.28. The number of amides is 1. The van der Waals surface area contributed by atoms with Gasteiger partial charge in [-0.1, -0.05) is 5.16 Å². The molecule has 0 bridgehead atoms. The van der Waals surface area contributed by atoms with E-state index in [9.17, 15) is 4.79 Å². The van der Waals surface area contributed by atoms with Crippen LogP contribution in [0.1, 0.15) is 52.6 Å². The maximum absolute atomic E-state index is 12.8. The number of carbonyl (C=O) groups is 1. The molecule has 1 saturated heterocycles. The number of furan rings is 1. The standard InChI is InChI=1S/C22H23N5O4/c1-13-16(14(2)30-24-13)12-15-6-9-19(29-15)22(28)23-17-7-8-18(21-20(17)25-31-26-21)27-10-4-3-5-11-27/h6-9H,3-5,10-12H2,1-2H3,(H,23,28). The number of nitrogens with zero attached hydrogens (tertiary/aromatic N) is 4. The topological polar surface area (TPSA) is 110 Å². The fourth-order valence-electron chi connectivity index (χ4n) is 4.05. The Morgan fingerprint density at radius 3 is 2.61 bits per heavy atom. The quantitative estimate of drug-likeness (QED) is 0.509.